The van der Waals surface area contributed by atoms with Gasteiger partial charge in [0.05, 0.1) is 10.8 Å². The molecule has 1 aromatic heterocycles. The van der Waals surface area contributed by atoms with E-state index in [-0.39, 0.29) is 15.5 Å². The Morgan fingerprint density at radius 2 is 0.950 bits per heavy atom. The van der Waals surface area contributed by atoms with Gasteiger partial charge in [0.15, 0.2) is 23.0 Å². The van der Waals surface area contributed by atoms with E-state index in [0.29, 0.717) is 0 Å². The quantitative estimate of drug-likeness (QED) is 0.186. The minimum absolute atomic E-state index is 0.189. The van der Waals surface area contributed by atoms with Gasteiger partial charge in [-0.1, -0.05) is 0 Å². The number of benzene rings is 2. The molecule has 0 aliphatic heterocycles. The van der Waals surface area contributed by atoms with E-state index in [4.69, 9.17) is 0 Å². The van der Waals surface area contributed by atoms with E-state index >= 15 is 0 Å². The van der Waals surface area contributed by atoms with Crippen molar-refractivity contribution in [3.63, 3.8) is 0 Å². The number of rotatable bonds is 0. The van der Waals surface area contributed by atoms with Crippen LogP contribution in [0.25, 0.3) is 21.8 Å². The molecule has 0 radical (unpaired) electrons. The molecule has 0 aliphatic carbocycles. The fourth-order valence-corrected chi connectivity index (χ4v) is 2.28. The first kappa shape index (κ1) is 11.9. The van der Waals surface area contributed by atoms with E-state index in [1.165, 1.54) is 0 Å². The van der Waals surface area contributed by atoms with E-state index in [1.54, 1.807) is 0 Å². The van der Waals surface area contributed by atoms with Crippen LogP contribution in [0.4, 0.5) is 0 Å². The summed E-state index contributed by atoms with van der Waals surface area (Å²) in [6.45, 7) is 0. The van der Waals surface area contributed by atoms with Gasteiger partial charge in [-0.2, -0.15) is 4.73 Å². The first-order valence-electron chi connectivity index (χ1n) is 5.39. The van der Waals surface area contributed by atoms with Crippen molar-refractivity contribution >= 4 is 21.8 Å². The number of phenolic OH excluding ortho intramolecular Hbond substituents is 6. The molecule has 3 rings (SSSR count). The Bertz CT molecular complexity index is 810. The first-order valence-corrected chi connectivity index (χ1v) is 5.39. The Kier molecular flexibility index (Phi) is 2.05. The fraction of sp³-hybridized carbons (Fsp3) is 0. The molecule has 0 aliphatic rings. The van der Waals surface area contributed by atoms with Crippen molar-refractivity contribution < 1.29 is 35.8 Å². The maximum Gasteiger partial charge on any atom is 0.186 e. The average Bonchev–Trinajstić information content (AvgIpc) is 2.68. The molecular formula is C12H9NO7. The van der Waals surface area contributed by atoms with Crippen LogP contribution in [0.2, 0.25) is 0 Å². The molecule has 0 fully saturated rings. The highest BCUT2D eigenvalue weighted by molar-refractivity contribution is 6.17. The molecule has 8 heteroatoms. The molecule has 8 nitrogen and oxygen atoms in total. The third-order valence-corrected chi connectivity index (χ3v) is 3.14. The van der Waals surface area contributed by atoms with E-state index in [0.717, 1.165) is 12.1 Å². The van der Waals surface area contributed by atoms with Crippen molar-refractivity contribution in [1.82, 2.24) is 4.73 Å². The highest BCUT2D eigenvalue weighted by Gasteiger charge is 2.26. The van der Waals surface area contributed by atoms with Crippen molar-refractivity contribution in [3.8, 4) is 34.5 Å². The Hall–Kier alpha value is -3.16. The lowest BCUT2D eigenvalue weighted by Crippen LogP contribution is -1.90. The van der Waals surface area contributed by atoms with Crippen LogP contribution in [-0.2, 0) is 0 Å². The topological polar surface area (TPSA) is 147 Å². The van der Waals surface area contributed by atoms with E-state index in [2.05, 4.69) is 0 Å². The largest absolute Gasteiger partial charge is 0.507 e. The molecular weight excluding hydrogens is 270 g/mol. The lowest BCUT2D eigenvalue weighted by atomic mass is 10.1. The Morgan fingerprint density at radius 3 is 1.30 bits per heavy atom. The maximum absolute atomic E-state index is 9.96. The minimum atomic E-state index is -0.755. The number of aromatic nitrogens is 1. The van der Waals surface area contributed by atoms with E-state index in [1.807, 2.05) is 0 Å². The van der Waals surface area contributed by atoms with Gasteiger partial charge in [-0.15, -0.1) is 0 Å². The van der Waals surface area contributed by atoms with Gasteiger partial charge >= 0.3 is 0 Å². The van der Waals surface area contributed by atoms with E-state index in [9.17, 15) is 35.8 Å². The van der Waals surface area contributed by atoms with Crippen molar-refractivity contribution in [2.24, 2.45) is 0 Å². The SMILES string of the molecule is Oc1cc(O)c2c3c(O)cc(O)c(O)c3n(O)c2c1O. The normalized spacial score (nSPS) is 11.4. The van der Waals surface area contributed by atoms with Crippen LogP contribution >= 0.6 is 0 Å². The summed E-state index contributed by atoms with van der Waals surface area (Å²) >= 11 is 0. The third kappa shape index (κ3) is 1.19. The molecule has 0 saturated heterocycles. The second kappa shape index (κ2) is 3.44. The van der Waals surface area contributed by atoms with Gasteiger partial charge in [0.2, 0.25) is 0 Å². The van der Waals surface area contributed by atoms with Gasteiger partial charge in [-0.3, -0.25) is 0 Å². The molecule has 20 heavy (non-hydrogen) atoms. The monoisotopic (exact) mass is 279 g/mol. The van der Waals surface area contributed by atoms with Crippen LogP contribution < -0.4 is 0 Å². The predicted molar refractivity (Wildman–Crippen MR) is 66.6 cm³/mol. The van der Waals surface area contributed by atoms with Crippen LogP contribution in [0.1, 0.15) is 0 Å². The molecule has 1 heterocycles. The zero-order valence-electron chi connectivity index (χ0n) is 9.73. The standard InChI is InChI=1S/C12H9NO7/c14-3-1-5(16)11(18)9-7(3)8-4(15)2-6(17)12(19)10(8)13(9)20/h1-2,14-20H. The highest BCUT2D eigenvalue weighted by atomic mass is 16.5. The van der Waals surface area contributed by atoms with Gasteiger partial charge in [0.25, 0.3) is 0 Å². The summed E-state index contributed by atoms with van der Waals surface area (Å²) in [4.78, 5) is 0. The molecule has 0 atom stereocenters. The predicted octanol–water partition coefficient (Wildman–Crippen LogP) is 1.27. The zero-order valence-corrected chi connectivity index (χ0v) is 9.73. The summed E-state index contributed by atoms with van der Waals surface area (Å²) in [6.07, 6.45) is 0. The molecule has 7 N–H and O–H groups in total. The number of nitrogens with zero attached hydrogens (tertiary/aromatic N) is 1. The Morgan fingerprint density at radius 1 is 0.600 bits per heavy atom. The smallest absolute Gasteiger partial charge is 0.186 e. The number of hydrogen-bond acceptors (Lipinski definition) is 7. The number of phenols is 6. The van der Waals surface area contributed by atoms with Gasteiger partial charge in [0, 0.05) is 12.1 Å². The Labute approximate surface area is 110 Å². The summed E-state index contributed by atoms with van der Waals surface area (Å²) in [5.41, 5.74) is -0.845. The molecule has 0 spiro atoms. The van der Waals surface area contributed by atoms with Crippen LogP contribution in [0, 0.1) is 0 Å². The van der Waals surface area contributed by atoms with Gasteiger partial charge < -0.3 is 35.8 Å². The third-order valence-electron chi connectivity index (χ3n) is 3.14. The van der Waals surface area contributed by atoms with E-state index < -0.39 is 45.5 Å². The van der Waals surface area contributed by atoms with Gasteiger partial charge in [0.1, 0.15) is 22.5 Å². The Balaban J connectivity index is 2.76. The summed E-state index contributed by atoms with van der Waals surface area (Å²) in [5.74, 6) is -3.97. The lowest BCUT2D eigenvalue weighted by Gasteiger charge is -2.03. The average molecular weight is 279 g/mol. The highest BCUT2D eigenvalue weighted by Crippen LogP contribution is 2.50. The summed E-state index contributed by atoms with van der Waals surface area (Å²) < 4.78 is 0.258. The summed E-state index contributed by atoms with van der Waals surface area (Å²) in [5, 5.41) is 67.6. The number of aromatic hydroxyl groups is 6. The maximum atomic E-state index is 9.96. The lowest BCUT2D eigenvalue weighted by molar-refractivity contribution is 0.208. The van der Waals surface area contributed by atoms with Crippen molar-refractivity contribution in [3.05, 3.63) is 12.1 Å². The molecule has 3 aromatic rings. The molecule has 0 saturated carbocycles. The minimum Gasteiger partial charge on any atom is -0.507 e. The zero-order chi connectivity index (χ0) is 14.8. The van der Waals surface area contributed by atoms with Crippen LogP contribution in [0.3, 0.4) is 0 Å². The summed E-state index contributed by atoms with van der Waals surface area (Å²) in [6, 6.07) is 1.64. The van der Waals surface area contributed by atoms with Gasteiger partial charge in [-0.05, 0) is 0 Å². The molecule has 0 bridgehead atoms. The molecule has 0 amide bonds. The molecule has 104 valence electrons. The molecule has 2 aromatic carbocycles. The second-order valence-electron chi connectivity index (χ2n) is 4.29. The van der Waals surface area contributed by atoms with Crippen molar-refractivity contribution in [2.75, 3.05) is 0 Å². The van der Waals surface area contributed by atoms with Crippen LogP contribution in [-0.4, -0.2) is 40.6 Å². The number of fused-ring (bicyclic) bond motifs is 3. The number of hydrogen-bond donors (Lipinski definition) is 7. The fourth-order valence-electron chi connectivity index (χ4n) is 2.28. The second-order valence-corrected chi connectivity index (χ2v) is 4.29. The molecule has 0 unspecified atom stereocenters. The van der Waals surface area contributed by atoms with Crippen LogP contribution in [0.15, 0.2) is 12.1 Å². The summed E-state index contributed by atoms with van der Waals surface area (Å²) in [7, 11) is 0. The first-order chi connectivity index (χ1) is 9.34. The van der Waals surface area contributed by atoms with Crippen molar-refractivity contribution in [1.29, 1.82) is 0 Å². The van der Waals surface area contributed by atoms with Gasteiger partial charge in [-0.25, -0.2) is 0 Å². The van der Waals surface area contributed by atoms with Crippen LogP contribution in [0.5, 0.6) is 34.5 Å². The van der Waals surface area contributed by atoms with Crippen molar-refractivity contribution in [2.45, 2.75) is 0 Å².